The fourth-order valence-corrected chi connectivity index (χ4v) is 3.61. The summed E-state index contributed by atoms with van der Waals surface area (Å²) in [7, 11) is 0. The molecule has 6 heteroatoms. The smallest absolute Gasteiger partial charge is 0.343 e. The summed E-state index contributed by atoms with van der Waals surface area (Å²) in [4.78, 5) is 0. The molecule has 2 heterocycles. The minimum Gasteiger partial charge on any atom is -0.343 e. The minimum atomic E-state index is -4.62. The molecule has 2 nitrogen and oxygen atoms in total. The molecule has 0 fully saturated rings. The topological polar surface area (TPSA) is 17.0 Å². The van der Waals surface area contributed by atoms with Crippen molar-refractivity contribution in [3.8, 4) is 11.1 Å². The standard InChI is InChI=1S/C19H16F4N2/c20-16-6-2-5-15(19(21,22)23)17(16)14-4-1-3-12-11-13-7-8-24-9-10-25(13)18(12)14/h1-6,11,24H,7-10H2. The molecule has 4 rings (SSSR count). The normalized spacial score (nSPS) is 15.2. The highest BCUT2D eigenvalue weighted by Gasteiger charge is 2.35. The van der Waals surface area contributed by atoms with Crippen LogP contribution in [0.3, 0.4) is 0 Å². The van der Waals surface area contributed by atoms with Crippen LogP contribution in [0.25, 0.3) is 22.0 Å². The second kappa shape index (κ2) is 5.88. The number of rotatable bonds is 1. The molecule has 1 aromatic heterocycles. The van der Waals surface area contributed by atoms with Crippen LogP contribution in [0.2, 0.25) is 0 Å². The Hall–Kier alpha value is -2.34. The molecule has 1 N–H and O–H groups in total. The van der Waals surface area contributed by atoms with Crippen LogP contribution in [0.5, 0.6) is 0 Å². The molecule has 2 aromatic carbocycles. The second-order valence-corrected chi connectivity index (χ2v) is 6.19. The van der Waals surface area contributed by atoms with Crippen molar-refractivity contribution >= 4 is 10.9 Å². The molecule has 1 aliphatic heterocycles. The lowest BCUT2D eigenvalue weighted by Crippen LogP contribution is -2.17. The van der Waals surface area contributed by atoms with E-state index in [0.717, 1.165) is 48.8 Å². The molecular formula is C19H16F4N2. The first-order valence-electron chi connectivity index (χ1n) is 8.15. The molecule has 0 amide bonds. The predicted octanol–water partition coefficient (Wildman–Crippen LogP) is 4.61. The van der Waals surface area contributed by atoms with Crippen LogP contribution in [-0.4, -0.2) is 17.7 Å². The van der Waals surface area contributed by atoms with Crippen molar-refractivity contribution in [1.29, 1.82) is 0 Å². The van der Waals surface area contributed by atoms with Crippen LogP contribution < -0.4 is 5.32 Å². The van der Waals surface area contributed by atoms with Gasteiger partial charge < -0.3 is 9.88 Å². The van der Waals surface area contributed by atoms with Gasteiger partial charge in [-0.25, -0.2) is 4.39 Å². The Balaban J connectivity index is 2.05. The summed E-state index contributed by atoms with van der Waals surface area (Å²) < 4.78 is 56.9. The van der Waals surface area contributed by atoms with Gasteiger partial charge in [-0.2, -0.15) is 13.2 Å². The third-order valence-electron chi connectivity index (χ3n) is 4.66. The number of benzene rings is 2. The maximum atomic E-state index is 14.5. The Morgan fingerprint density at radius 2 is 1.80 bits per heavy atom. The van der Waals surface area contributed by atoms with E-state index in [9.17, 15) is 17.6 Å². The van der Waals surface area contributed by atoms with E-state index in [0.29, 0.717) is 12.1 Å². The zero-order valence-electron chi connectivity index (χ0n) is 13.3. The molecule has 0 aliphatic carbocycles. The molecule has 0 spiro atoms. The fourth-order valence-electron chi connectivity index (χ4n) is 3.61. The Bertz CT molecular complexity index is 940. The van der Waals surface area contributed by atoms with Crippen molar-refractivity contribution in [2.24, 2.45) is 0 Å². The number of hydrogen-bond acceptors (Lipinski definition) is 1. The van der Waals surface area contributed by atoms with Crippen LogP contribution >= 0.6 is 0 Å². The maximum absolute atomic E-state index is 14.5. The summed E-state index contributed by atoms with van der Waals surface area (Å²) in [6.45, 7) is 2.19. The summed E-state index contributed by atoms with van der Waals surface area (Å²) >= 11 is 0. The molecule has 0 atom stereocenters. The van der Waals surface area contributed by atoms with Crippen LogP contribution in [0.4, 0.5) is 17.6 Å². The van der Waals surface area contributed by atoms with Crippen molar-refractivity contribution in [2.45, 2.75) is 19.1 Å². The zero-order valence-corrected chi connectivity index (χ0v) is 13.3. The summed E-state index contributed by atoms with van der Waals surface area (Å²) in [5.41, 5.74) is 0.686. The Morgan fingerprint density at radius 1 is 1.00 bits per heavy atom. The number of nitrogens with zero attached hydrogens (tertiary/aromatic N) is 1. The largest absolute Gasteiger partial charge is 0.417 e. The lowest BCUT2D eigenvalue weighted by molar-refractivity contribution is -0.137. The van der Waals surface area contributed by atoms with Gasteiger partial charge >= 0.3 is 6.18 Å². The fraction of sp³-hybridized carbons (Fsp3) is 0.263. The lowest BCUT2D eigenvalue weighted by Gasteiger charge is -2.16. The third-order valence-corrected chi connectivity index (χ3v) is 4.66. The number of alkyl halides is 3. The van der Waals surface area contributed by atoms with Gasteiger partial charge in [0.1, 0.15) is 5.82 Å². The molecule has 0 radical (unpaired) electrons. The van der Waals surface area contributed by atoms with Crippen molar-refractivity contribution in [2.75, 3.05) is 13.1 Å². The summed E-state index contributed by atoms with van der Waals surface area (Å²) in [5, 5.41) is 4.12. The molecule has 25 heavy (non-hydrogen) atoms. The monoisotopic (exact) mass is 348 g/mol. The first-order chi connectivity index (χ1) is 12.0. The van der Waals surface area contributed by atoms with Crippen LogP contribution in [0.1, 0.15) is 11.3 Å². The average Bonchev–Trinajstić information content (AvgIpc) is 2.76. The van der Waals surface area contributed by atoms with Gasteiger partial charge in [-0.15, -0.1) is 0 Å². The van der Waals surface area contributed by atoms with E-state index < -0.39 is 17.6 Å². The van der Waals surface area contributed by atoms with E-state index >= 15 is 0 Å². The van der Waals surface area contributed by atoms with Gasteiger partial charge in [0.15, 0.2) is 0 Å². The highest BCUT2D eigenvalue weighted by Crippen LogP contribution is 2.41. The summed E-state index contributed by atoms with van der Waals surface area (Å²) in [5.74, 6) is -0.857. The molecule has 0 bridgehead atoms. The lowest BCUT2D eigenvalue weighted by atomic mass is 9.96. The van der Waals surface area contributed by atoms with Gasteiger partial charge in [0.05, 0.1) is 11.1 Å². The third kappa shape index (κ3) is 2.70. The van der Waals surface area contributed by atoms with Crippen molar-refractivity contribution in [3.63, 3.8) is 0 Å². The maximum Gasteiger partial charge on any atom is 0.417 e. The highest BCUT2D eigenvalue weighted by atomic mass is 19.4. The van der Waals surface area contributed by atoms with E-state index in [1.54, 1.807) is 12.1 Å². The van der Waals surface area contributed by atoms with Gasteiger partial charge in [-0.3, -0.25) is 0 Å². The summed E-state index contributed by atoms with van der Waals surface area (Å²) in [6, 6.07) is 10.2. The van der Waals surface area contributed by atoms with Gasteiger partial charge in [-0.1, -0.05) is 24.3 Å². The number of aromatic nitrogens is 1. The molecule has 0 saturated heterocycles. The van der Waals surface area contributed by atoms with Gasteiger partial charge in [0.25, 0.3) is 0 Å². The quantitative estimate of drug-likeness (QED) is 0.636. The summed E-state index contributed by atoms with van der Waals surface area (Å²) in [6.07, 6.45) is -3.83. The van der Waals surface area contributed by atoms with E-state index in [1.807, 2.05) is 16.7 Å². The number of fused-ring (bicyclic) bond motifs is 3. The molecule has 0 saturated carbocycles. The molecule has 3 aromatic rings. The molecule has 1 aliphatic rings. The van der Waals surface area contributed by atoms with Gasteiger partial charge in [0, 0.05) is 48.3 Å². The highest BCUT2D eigenvalue weighted by molar-refractivity contribution is 5.96. The minimum absolute atomic E-state index is 0.288. The van der Waals surface area contributed by atoms with Gasteiger partial charge in [0.2, 0.25) is 0 Å². The SMILES string of the molecule is Fc1cccc(C(F)(F)F)c1-c1cccc2cc3n(c12)CCNCC3. The van der Waals surface area contributed by atoms with Crippen LogP contribution in [0.15, 0.2) is 42.5 Å². The number of para-hydroxylation sites is 1. The van der Waals surface area contributed by atoms with Crippen molar-refractivity contribution in [1.82, 2.24) is 9.88 Å². The van der Waals surface area contributed by atoms with E-state index in [2.05, 4.69) is 5.32 Å². The first kappa shape index (κ1) is 16.1. The first-order valence-corrected chi connectivity index (χ1v) is 8.15. The van der Waals surface area contributed by atoms with Crippen molar-refractivity contribution in [3.05, 3.63) is 59.5 Å². The Labute approximate surface area is 142 Å². The van der Waals surface area contributed by atoms with Crippen molar-refractivity contribution < 1.29 is 17.6 Å². The van der Waals surface area contributed by atoms with E-state index in [1.165, 1.54) is 0 Å². The number of halogens is 4. The van der Waals surface area contributed by atoms with Crippen LogP contribution in [0, 0.1) is 5.82 Å². The molecule has 0 unspecified atom stereocenters. The average molecular weight is 348 g/mol. The van der Waals surface area contributed by atoms with Gasteiger partial charge in [-0.05, 0) is 18.2 Å². The Kier molecular flexibility index (Phi) is 3.80. The molecule has 130 valence electrons. The Morgan fingerprint density at radius 3 is 2.60 bits per heavy atom. The van der Waals surface area contributed by atoms with E-state index in [4.69, 9.17) is 0 Å². The van der Waals surface area contributed by atoms with E-state index in [-0.39, 0.29) is 11.1 Å². The number of nitrogens with one attached hydrogen (secondary N) is 1. The van der Waals surface area contributed by atoms with Crippen LogP contribution in [-0.2, 0) is 19.1 Å². The second-order valence-electron chi connectivity index (χ2n) is 6.19. The molecular weight excluding hydrogens is 332 g/mol. The predicted molar refractivity (Wildman–Crippen MR) is 88.9 cm³/mol. The number of hydrogen-bond donors (Lipinski definition) is 1. The zero-order chi connectivity index (χ0) is 17.6.